The molecule has 0 radical (unpaired) electrons. The van der Waals surface area contributed by atoms with Crippen molar-refractivity contribution in [2.45, 2.75) is 38.7 Å². The predicted octanol–water partition coefficient (Wildman–Crippen LogP) is 3.84. The summed E-state index contributed by atoms with van der Waals surface area (Å²) in [6, 6.07) is 7.97. The number of fused-ring (bicyclic) bond motifs is 1. The van der Waals surface area contributed by atoms with Gasteiger partial charge in [0.25, 0.3) is 0 Å². The number of nitrogens with one attached hydrogen (secondary N) is 1. The van der Waals surface area contributed by atoms with Crippen molar-refractivity contribution in [3.63, 3.8) is 0 Å². The van der Waals surface area contributed by atoms with E-state index in [4.69, 9.17) is 0 Å². The molecule has 2 atom stereocenters. The number of aliphatic hydroxyl groups is 1. The highest BCUT2D eigenvalue weighted by Gasteiger charge is 2.33. The Balaban J connectivity index is 2.13. The van der Waals surface area contributed by atoms with Gasteiger partial charge in [0.1, 0.15) is 6.10 Å². The molecule has 1 aromatic carbocycles. The number of rotatable bonds is 4. The van der Waals surface area contributed by atoms with Gasteiger partial charge in [-0.3, -0.25) is 4.79 Å². The van der Waals surface area contributed by atoms with Gasteiger partial charge >= 0.3 is 0 Å². The maximum atomic E-state index is 12.1. The van der Waals surface area contributed by atoms with Crippen LogP contribution >= 0.6 is 11.3 Å². The third kappa shape index (κ3) is 2.39. The zero-order valence-corrected chi connectivity index (χ0v) is 13.0. The Morgan fingerprint density at radius 2 is 2.19 bits per heavy atom. The van der Waals surface area contributed by atoms with Crippen molar-refractivity contribution in [3.8, 4) is 0 Å². The quantitative estimate of drug-likeness (QED) is 0.901. The minimum atomic E-state index is -0.679. The van der Waals surface area contributed by atoms with E-state index in [-0.39, 0.29) is 11.8 Å². The summed E-state index contributed by atoms with van der Waals surface area (Å²) in [7, 11) is 0. The van der Waals surface area contributed by atoms with Gasteiger partial charge in [-0.2, -0.15) is 0 Å². The van der Waals surface area contributed by atoms with Crippen LogP contribution in [0.3, 0.4) is 0 Å². The molecule has 2 aromatic rings. The van der Waals surface area contributed by atoms with Crippen molar-refractivity contribution < 1.29 is 9.90 Å². The second-order valence-corrected chi connectivity index (χ2v) is 6.35. The van der Waals surface area contributed by atoms with E-state index < -0.39 is 6.10 Å². The number of thiophene rings is 1. The number of carbonyl (C=O) groups excluding carboxylic acids is 1. The molecule has 4 heteroatoms. The number of anilines is 1. The van der Waals surface area contributed by atoms with Gasteiger partial charge in [0.15, 0.2) is 0 Å². The zero-order valence-electron chi connectivity index (χ0n) is 12.2. The van der Waals surface area contributed by atoms with E-state index in [0.717, 1.165) is 40.1 Å². The van der Waals surface area contributed by atoms with E-state index in [9.17, 15) is 9.90 Å². The van der Waals surface area contributed by atoms with Gasteiger partial charge in [0.05, 0.1) is 11.6 Å². The van der Waals surface area contributed by atoms with Gasteiger partial charge < -0.3 is 10.4 Å². The number of carbonyl (C=O) groups is 1. The number of aliphatic hydroxyl groups excluding tert-OH is 1. The highest BCUT2D eigenvalue weighted by Crippen LogP contribution is 2.42. The standard InChI is InChI=1S/C17H19NO2S/c1-3-10-8-12-11(4-2)17(20)18-15(12)13(9-10)16(19)14-6-5-7-21-14/h5-9,11,16,19H,3-4H2,1-2H3,(H,18,20). The van der Waals surface area contributed by atoms with E-state index >= 15 is 0 Å². The second-order valence-electron chi connectivity index (χ2n) is 5.37. The minimum Gasteiger partial charge on any atom is -0.383 e. The van der Waals surface area contributed by atoms with Crippen LogP contribution in [-0.2, 0) is 11.2 Å². The van der Waals surface area contributed by atoms with Gasteiger partial charge in [-0.25, -0.2) is 0 Å². The molecule has 1 amide bonds. The van der Waals surface area contributed by atoms with Crippen LogP contribution in [0.2, 0.25) is 0 Å². The van der Waals surface area contributed by atoms with Gasteiger partial charge in [0, 0.05) is 10.4 Å². The number of hydrogen-bond acceptors (Lipinski definition) is 3. The molecule has 2 unspecified atom stereocenters. The summed E-state index contributed by atoms with van der Waals surface area (Å²) in [5, 5.41) is 15.6. The largest absolute Gasteiger partial charge is 0.383 e. The van der Waals surface area contributed by atoms with Crippen LogP contribution in [0.5, 0.6) is 0 Å². The van der Waals surface area contributed by atoms with Crippen LogP contribution in [0.15, 0.2) is 29.6 Å². The van der Waals surface area contributed by atoms with E-state index in [1.807, 2.05) is 30.5 Å². The van der Waals surface area contributed by atoms with Crippen molar-refractivity contribution in [2.75, 3.05) is 5.32 Å². The summed E-state index contributed by atoms with van der Waals surface area (Å²) in [5.41, 5.74) is 3.82. The van der Waals surface area contributed by atoms with Crippen molar-refractivity contribution in [1.29, 1.82) is 0 Å². The van der Waals surface area contributed by atoms with Gasteiger partial charge in [0.2, 0.25) is 5.91 Å². The summed E-state index contributed by atoms with van der Waals surface area (Å²) in [4.78, 5) is 13.0. The molecule has 0 spiro atoms. The van der Waals surface area contributed by atoms with E-state index in [1.54, 1.807) is 0 Å². The van der Waals surface area contributed by atoms with Crippen molar-refractivity contribution >= 4 is 22.9 Å². The van der Waals surface area contributed by atoms with Crippen molar-refractivity contribution in [3.05, 3.63) is 51.2 Å². The number of aryl methyl sites for hydroxylation is 1. The lowest BCUT2D eigenvalue weighted by Gasteiger charge is -2.16. The Bertz CT molecular complexity index is 664. The number of benzene rings is 1. The van der Waals surface area contributed by atoms with Gasteiger partial charge in [-0.15, -0.1) is 11.3 Å². The molecule has 3 nitrogen and oxygen atoms in total. The molecular formula is C17H19NO2S. The Labute approximate surface area is 128 Å². The molecule has 1 aliphatic rings. The molecule has 0 saturated heterocycles. The smallest absolute Gasteiger partial charge is 0.232 e. The number of hydrogen-bond donors (Lipinski definition) is 2. The molecule has 2 heterocycles. The lowest BCUT2D eigenvalue weighted by molar-refractivity contribution is -0.117. The first-order valence-electron chi connectivity index (χ1n) is 7.34. The predicted molar refractivity (Wildman–Crippen MR) is 85.9 cm³/mol. The van der Waals surface area contributed by atoms with E-state index in [0.29, 0.717) is 0 Å². The maximum Gasteiger partial charge on any atom is 0.232 e. The summed E-state index contributed by atoms with van der Waals surface area (Å²) in [5.74, 6) is -0.0545. The first-order chi connectivity index (χ1) is 10.2. The molecule has 3 rings (SSSR count). The average molecular weight is 301 g/mol. The summed E-state index contributed by atoms with van der Waals surface area (Å²) in [6.45, 7) is 4.11. The average Bonchev–Trinajstić information content (AvgIpc) is 3.12. The molecular weight excluding hydrogens is 282 g/mol. The van der Waals surface area contributed by atoms with Crippen LogP contribution in [0, 0.1) is 0 Å². The van der Waals surface area contributed by atoms with Crippen LogP contribution in [0.4, 0.5) is 5.69 Å². The highest BCUT2D eigenvalue weighted by molar-refractivity contribution is 7.10. The second kappa shape index (κ2) is 5.62. The minimum absolute atomic E-state index is 0.0420. The van der Waals surface area contributed by atoms with Crippen molar-refractivity contribution in [2.24, 2.45) is 0 Å². The molecule has 0 fully saturated rings. The molecule has 0 saturated carbocycles. The van der Waals surface area contributed by atoms with Crippen molar-refractivity contribution in [1.82, 2.24) is 0 Å². The first-order valence-corrected chi connectivity index (χ1v) is 8.22. The molecule has 1 aromatic heterocycles. The van der Waals surface area contributed by atoms with Crippen LogP contribution in [0.1, 0.15) is 53.9 Å². The lowest BCUT2D eigenvalue weighted by atomic mass is 9.91. The zero-order chi connectivity index (χ0) is 15.0. The summed E-state index contributed by atoms with van der Waals surface area (Å²) in [6.07, 6.45) is 0.990. The molecule has 110 valence electrons. The van der Waals surface area contributed by atoms with E-state index in [1.165, 1.54) is 11.3 Å². The highest BCUT2D eigenvalue weighted by atomic mass is 32.1. The first kappa shape index (κ1) is 14.3. The van der Waals surface area contributed by atoms with E-state index in [2.05, 4.69) is 18.3 Å². The Morgan fingerprint density at radius 1 is 1.38 bits per heavy atom. The third-order valence-electron chi connectivity index (χ3n) is 4.12. The lowest BCUT2D eigenvalue weighted by Crippen LogP contribution is -2.11. The Kier molecular flexibility index (Phi) is 3.83. The Hall–Kier alpha value is -1.65. The Morgan fingerprint density at radius 3 is 2.81 bits per heavy atom. The molecule has 0 bridgehead atoms. The van der Waals surface area contributed by atoms with Gasteiger partial charge in [-0.05, 0) is 35.4 Å². The van der Waals surface area contributed by atoms with Crippen LogP contribution < -0.4 is 5.32 Å². The van der Waals surface area contributed by atoms with Crippen LogP contribution in [0.25, 0.3) is 0 Å². The molecule has 21 heavy (non-hydrogen) atoms. The normalized spacial score (nSPS) is 18.4. The number of amides is 1. The molecule has 1 aliphatic heterocycles. The fourth-order valence-electron chi connectivity index (χ4n) is 2.95. The summed E-state index contributed by atoms with van der Waals surface area (Å²) >= 11 is 1.53. The molecule has 0 aliphatic carbocycles. The topological polar surface area (TPSA) is 49.3 Å². The fraction of sp³-hybridized carbons (Fsp3) is 0.353. The SMILES string of the molecule is CCc1cc2c(c(C(O)c3cccs3)c1)NC(=O)C2CC. The molecule has 2 N–H and O–H groups in total. The van der Waals surface area contributed by atoms with Gasteiger partial charge in [-0.1, -0.05) is 32.0 Å². The van der Waals surface area contributed by atoms with Crippen LogP contribution in [-0.4, -0.2) is 11.0 Å². The monoisotopic (exact) mass is 301 g/mol. The maximum absolute atomic E-state index is 12.1. The fourth-order valence-corrected chi connectivity index (χ4v) is 3.68. The third-order valence-corrected chi connectivity index (χ3v) is 5.05. The summed E-state index contributed by atoms with van der Waals surface area (Å²) < 4.78 is 0.